The van der Waals surface area contributed by atoms with E-state index in [9.17, 15) is 4.79 Å². The van der Waals surface area contributed by atoms with Crippen LogP contribution in [0.15, 0.2) is 36.4 Å². The van der Waals surface area contributed by atoms with E-state index in [0.717, 1.165) is 16.9 Å². The monoisotopic (exact) mass is 297 g/mol. The van der Waals surface area contributed by atoms with Gasteiger partial charge in [-0.1, -0.05) is 36.4 Å². The number of carboxylic acid groups (broad SMARTS) is 1. The molecule has 2 aromatic heterocycles. The van der Waals surface area contributed by atoms with Crippen molar-refractivity contribution in [2.75, 3.05) is 5.73 Å². The number of fused-ring (bicyclic) bond motifs is 1. The largest absolute Gasteiger partial charge is 0.477 e. The summed E-state index contributed by atoms with van der Waals surface area (Å²) in [6, 6.07) is 11.3. The fourth-order valence-corrected chi connectivity index (χ4v) is 2.82. The van der Waals surface area contributed by atoms with Gasteiger partial charge in [-0.05, 0) is 17.7 Å². The van der Waals surface area contributed by atoms with Crippen molar-refractivity contribution in [1.29, 1.82) is 0 Å². The van der Waals surface area contributed by atoms with E-state index < -0.39 is 5.97 Å². The molecule has 0 bridgehead atoms. The van der Waals surface area contributed by atoms with Crippen molar-refractivity contribution < 1.29 is 9.90 Å². The molecule has 21 heavy (non-hydrogen) atoms. The minimum atomic E-state index is -0.977. The van der Waals surface area contributed by atoms with Crippen LogP contribution in [-0.4, -0.2) is 21.0 Å². The van der Waals surface area contributed by atoms with Crippen molar-refractivity contribution in [1.82, 2.24) is 9.97 Å². The molecule has 0 saturated carbocycles. The maximum absolute atomic E-state index is 11.1. The third-order valence-corrected chi connectivity index (χ3v) is 3.90. The van der Waals surface area contributed by atoms with Crippen LogP contribution >= 0.6 is 11.3 Å². The van der Waals surface area contributed by atoms with E-state index >= 15 is 0 Å². The van der Waals surface area contributed by atoms with Crippen LogP contribution in [0.2, 0.25) is 0 Å². The number of nitrogens with zero attached hydrogens (tertiary/aromatic N) is 2. The number of benzene rings is 1. The Morgan fingerprint density at radius 3 is 2.67 bits per heavy atom. The summed E-state index contributed by atoms with van der Waals surface area (Å²) in [7, 11) is 0. The molecule has 0 atom stereocenters. The molecule has 0 aliphatic carbocycles. The quantitative estimate of drug-likeness (QED) is 0.775. The van der Waals surface area contributed by atoms with Crippen molar-refractivity contribution in [2.24, 2.45) is 0 Å². The van der Waals surface area contributed by atoms with Crippen molar-refractivity contribution in [3.8, 4) is 0 Å². The molecule has 0 amide bonds. The second kappa shape index (κ2) is 5.34. The highest BCUT2D eigenvalue weighted by molar-refractivity contribution is 7.20. The molecule has 0 unspecified atom stereocenters. The number of rotatable bonds is 3. The van der Waals surface area contributed by atoms with Crippen LogP contribution in [0.5, 0.6) is 0 Å². The predicted octanol–water partition coefficient (Wildman–Crippen LogP) is 3.14. The summed E-state index contributed by atoms with van der Waals surface area (Å²) in [5.41, 5.74) is 7.32. The molecule has 1 aromatic carbocycles. The van der Waals surface area contributed by atoms with E-state index in [-0.39, 0.29) is 10.8 Å². The third kappa shape index (κ3) is 2.75. The number of nitrogens with two attached hydrogens (primary N) is 1. The highest BCUT2D eigenvalue weighted by atomic mass is 32.1. The van der Waals surface area contributed by atoms with Crippen LogP contribution in [0.1, 0.15) is 20.9 Å². The average molecular weight is 297 g/mol. The van der Waals surface area contributed by atoms with Crippen LogP contribution in [-0.2, 0) is 0 Å². The molecule has 3 rings (SSSR count). The Morgan fingerprint density at radius 2 is 1.95 bits per heavy atom. The van der Waals surface area contributed by atoms with Crippen LogP contribution in [0.3, 0.4) is 0 Å². The normalized spacial score (nSPS) is 11.2. The van der Waals surface area contributed by atoms with Gasteiger partial charge in [0.25, 0.3) is 0 Å². The fourth-order valence-electron chi connectivity index (χ4n) is 1.93. The Bertz CT molecular complexity index is 841. The highest BCUT2D eigenvalue weighted by Crippen LogP contribution is 2.27. The van der Waals surface area contributed by atoms with Gasteiger partial charge < -0.3 is 10.8 Å². The summed E-state index contributed by atoms with van der Waals surface area (Å²) < 4.78 is 0. The maximum Gasteiger partial charge on any atom is 0.345 e. The fraction of sp³-hybridized carbons (Fsp3) is 0. The molecule has 0 fully saturated rings. The minimum Gasteiger partial charge on any atom is -0.477 e. The summed E-state index contributed by atoms with van der Waals surface area (Å²) in [5.74, 6) is -0.844. The van der Waals surface area contributed by atoms with E-state index in [1.54, 1.807) is 6.07 Å². The van der Waals surface area contributed by atoms with Gasteiger partial charge in [0.05, 0.1) is 5.69 Å². The summed E-state index contributed by atoms with van der Waals surface area (Å²) in [4.78, 5) is 20.1. The highest BCUT2D eigenvalue weighted by Gasteiger charge is 2.13. The van der Waals surface area contributed by atoms with Gasteiger partial charge in [0.2, 0.25) is 5.95 Å². The molecule has 3 aromatic rings. The SMILES string of the molecule is Nc1nc(C=Cc2ccccc2)c2cc(C(=O)O)sc2n1. The number of nitrogen functional groups attached to an aromatic ring is 1. The number of hydrogen-bond acceptors (Lipinski definition) is 5. The summed E-state index contributed by atoms with van der Waals surface area (Å²) >= 11 is 1.09. The van der Waals surface area contributed by atoms with Gasteiger partial charge in [0, 0.05) is 5.39 Å². The Balaban J connectivity index is 2.09. The smallest absolute Gasteiger partial charge is 0.345 e. The van der Waals surface area contributed by atoms with Gasteiger partial charge in [-0.15, -0.1) is 11.3 Å². The second-order valence-electron chi connectivity index (χ2n) is 4.35. The summed E-state index contributed by atoms with van der Waals surface area (Å²) in [6.45, 7) is 0. The number of aromatic nitrogens is 2. The molecule has 0 saturated heterocycles. The van der Waals surface area contributed by atoms with Gasteiger partial charge in [-0.2, -0.15) is 0 Å². The lowest BCUT2D eigenvalue weighted by Gasteiger charge is -1.98. The van der Waals surface area contributed by atoms with E-state index in [1.807, 2.05) is 42.5 Å². The Kier molecular flexibility index (Phi) is 3.37. The number of anilines is 1. The first-order valence-electron chi connectivity index (χ1n) is 6.17. The molecule has 3 N–H and O–H groups in total. The molecule has 0 aliphatic heterocycles. The first-order valence-corrected chi connectivity index (χ1v) is 6.98. The first-order chi connectivity index (χ1) is 10.1. The van der Waals surface area contributed by atoms with Gasteiger partial charge in [-0.3, -0.25) is 0 Å². The molecule has 0 spiro atoms. The van der Waals surface area contributed by atoms with Crippen molar-refractivity contribution in [3.05, 3.63) is 52.5 Å². The summed E-state index contributed by atoms with van der Waals surface area (Å²) in [6.07, 6.45) is 3.72. The van der Waals surface area contributed by atoms with Crippen molar-refractivity contribution in [3.63, 3.8) is 0 Å². The lowest BCUT2D eigenvalue weighted by Crippen LogP contribution is -1.95. The number of carbonyl (C=O) groups is 1. The Labute approximate surface area is 124 Å². The number of aromatic carboxylic acids is 1. The van der Waals surface area contributed by atoms with E-state index in [2.05, 4.69) is 9.97 Å². The minimum absolute atomic E-state index is 0.133. The van der Waals surface area contributed by atoms with Crippen LogP contribution in [0.25, 0.3) is 22.4 Å². The zero-order valence-corrected chi connectivity index (χ0v) is 11.7. The van der Waals surface area contributed by atoms with Crippen molar-refractivity contribution >= 4 is 45.6 Å². The molecule has 5 nitrogen and oxygen atoms in total. The van der Waals surface area contributed by atoms with E-state index in [1.165, 1.54) is 0 Å². The molecule has 0 radical (unpaired) electrons. The summed E-state index contributed by atoms with van der Waals surface area (Å²) in [5, 5.41) is 9.76. The molecule has 2 heterocycles. The van der Waals surface area contributed by atoms with Crippen LogP contribution in [0.4, 0.5) is 5.95 Å². The van der Waals surface area contributed by atoms with E-state index in [4.69, 9.17) is 10.8 Å². The zero-order valence-electron chi connectivity index (χ0n) is 10.9. The second-order valence-corrected chi connectivity index (χ2v) is 5.38. The Hall–Kier alpha value is -2.73. The predicted molar refractivity (Wildman–Crippen MR) is 84.2 cm³/mol. The lowest BCUT2D eigenvalue weighted by molar-refractivity contribution is 0.0702. The van der Waals surface area contributed by atoms with Crippen LogP contribution < -0.4 is 5.73 Å². The van der Waals surface area contributed by atoms with Gasteiger partial charge >= 0.3 is 5.97 Å². The van der Waals surface area contributed by atoms with E-state index in [0.29, 0.717) is 15.9 Å². The number of carboxylic acids is 1. The van der Waals surface area contributed by atoms with Crippen LogP contribution in [0, 0.1) is 0 Å². The molecule has 6 heteroatoms. The average Bonchev–Trinajstić information content (AvgIpc) is 2.90. The molecular formula is C15H11N3O2S. The van der Waals surface area contributed by atoms with Gasteiger partial charge in [-0.25, -0.2) is 14.8 Å². The Morgan fingerprint density at radius 1 is 1.19 bits per heavy atom. The first kappa shape index (κ1) is 13.3. The number of hydrogen-bond donors (Lipinski definition) is 2. The maximum atomic E-state index is 11.1. The van der Waals surface area contributed by atoms with Gasteiger partial charge in [0.1, 0.15) is 9.71 Å². The van der Waals surface area contributed by atoms with Crippen molar-refractivity contribution in [2.45, 2.75) is 0 Å². The number of thiophene rings is 1. The molecule has 104 valence electrons. The van der Waals surface area contributed by atoms with Gasteiger partial charge in [0.15, 0.2) is 0 Å². The lowest BCUT2D eigenvalue weighted by atomic mass is 10.2. The third-order valence-electron chi connectivity index (χ3n) is 2.88. The standard InChI is InChI=1S/C15H11N3O2S/c16-15-17-11(7-6-9-4-2-1-3-5-9)10-8-12(14(19)20)21-13(10)18-15/h1-8H,(H,19,20)(H2,16,17,18). The molecular weight excluding hydrogens is 286 g/mol. The zero-order chi connectivity index (χ0) is 14.8. The topological polar surface area (TPSA) is 89.1 Å². The molecule has 0 aliphatic rings.